The summed E-state index contributed by atoms with van der Waals surface area (Å²) in [4.78, 5) is 17.2. The zero-order valence-electron chi connectivity index (χ0n) is 13.1. The van der Waals surface area contributed by atoms with Crippen molar-refractivity contribution in [3.63, 3.8) is 0 Å². The number of nitrogens with zero attached hydrogens (tertiary/aromatic N) is 2. The molecule has 2 saturated heterocycles. The van der Waals surface area contributed by atoms with Gasteiger partial charge in [0, 0.05) is 32.8 Å². The van der Waals surface area contributed by atoms with Gasteiger partial charge in [-0.05, 0) is 38.6 Å². The van der Waals surface area contributed by atoms with E-state index in [9.17, 15) is 4.79 Å². The Hall–Kier alpha value is -0.650. The third-order valence-electron chi connectivity index (χ3n) is 4.76. The lowest BCUT2D eigenvalue weighted by atomic mass is 10.00. The quantitative estimate of drug-likeness (QED) is 0.758. The first-order valence-electron chi connectivity index (χ1n) is 8.39. The molecule has 1 aliphatic carbocycles. The van der Waals surface area contributed by atoms with Crippen LogP contribution in [0.15, 0.2) is 0 Å². The largest absolute Gasteiger partial charge is 0.381 e. The molecule has 2 heterocycles. The second-order valence-corrected chi connectivity index (χ2v) is 6.86. The van der Waals surface area contributed by atoms with Gasteiger partial charge in [0.1, 0.15) is 0 Å². The molecule has 0 aromatic rings. The van der Waals surface area contributed by atoms with Crippen molar-refractivity contribution < 1.29 is 14.3 Å². The summed E-state index contributed by atoms with van der Waals surface area (Å²) in [7, 11) is 2.12. The second kappa shape index (κ2) is 7.07. The van der Waals surface area contributed by atoms with Gasteiger partial charge in [-0.2, -0.15) is 0 Å². The second-order valence-electron chi connectivity index (χ2n) is 6.86. The molecule has 0 aromatic carbocycles. The van der Waals surface area contributed by atoms with E-state index in [-0.39, 0.29) is 12.0 Å². The van der Waals surface area contributed by atoms with Crippen molar-refractivity contribution in [3.8, 4) is 0 Å². The van der Waals surface area contributed by atoms with Crippen molar-refractivity contribution in [1.29, 1.82) is 0 Å². The molecule has 21 heavy (non-hydrogen) atoms. The molecule has 5 heteroatoms. The molecule has 3 aliphatic rings. The van der Waals surface area contributed by atoms with Crippen LogP contribution in [0.4, 0.5) is 0 Å². The number of carbonyl (C=O) groups is 1. The van der Waals surface area contributed by atoms with Crippen molar-refractivity contribution in [3.05, 3.63) is 0 Å². The minimum Gasteiger partial charge on any atom is -0.381 e. The maximum Gasteiger partial charge on any atom is 0.228 e. The minimum absolute atomic E-state index is 0.0684. The van der Waals surface area contributed by atoms with Gasteiger partial charge in [-0.25, -0.2) is 0 Å². The number of amides is 1. The Bertz CT molecular complexity index is 353. The fourth-order valence-electron chi connectivity index (χ4n) is 3.28. The molecule has 0 spiro atoms. The van der Waals surface area contributed by atoms with E-state index in [0.717, 1.165) is 58.2 Å². The third-order valence-corrected chi connectivity index (χ3v) is 4.76. The molecule has 5 nitrogen and oxygen atoms in total. The Kier molecular flexibility index (Phi) is 5.14. The highest BCUT2D eigenvalue weighted by Gasteiger charge is 2.33. The predicted molar refractivity (Wildman–Crippen MR) is 80.1 cm³/mol. The summed E-state index contributed by atoms with van der Waals surface area (Å²) in [6.07, 6.45) is 4.70. The van der Waals surface area contributed by atoms with Gasteiger partial charge in [0.2, 0.25) is 5.91 Å². The van der Waals surface area contributed by atoms with Gasteiger partial charge >= 0.3 is 0 Å². The van der Waals surface area contributed by atoms with Crippen molar-refractivity contribution in [2.75, 3.05) is 53.0 Å². The minimum atomic E-state index is 0.0684. The molecule has 2 aliphatic heterocycles. The SMILES string of the molecule is CN1CCO[C@H](CN(CC2CC2)C(=O)[C@@H]2CCCOC2)C1. The van der Waals surface area contributed by atoms with E-state index in [1.54, 1.807) is 0 Å². The standard InChI is InChI=1S/C16H28N2O3/c1-17-6-8-21-15(10-17)11-18(9-13-4-5-13)16(19)14-3-2-7-20-12-14/h13-15H,2-12H2,1H3/t14-,15+/m1/s1. The number of carbonyl (C=O) groups excluding carboxylic acids is 1. The van der Waals surface area contributed by atoms with E-state index in [2.05, 4.69) is 16.8 Å². The van der Waals surface area contributed by atoms with Crippen molar-refractivity contribution in [2.45, 2.75) is 31.8 Å². The maximum absolute atomic E-state index is 12.8. The predicted octanol–water partition coefficient (Wildman–Crippen LogP) is 0.982. The molecule has 3 rings (SSSR count). The van der Waals surface area contributed by atoms with E-state index >= 15 is 0 Å². The summed E-state index contributed by atoms with van der Waals surface area (Å²) in [5.74, 6) is 1.08. The summed E-state index contributed by atoms with van der Waals surface area (Å²) in [5, 5.41) is 0. The average Bonchev–Trinajstić information content (AvgIpc) is 3.31. The average molecular weight is 296 g/mol. The topological polar surface area (TPSA) is 42.0 Å². The lowest BCUT2D eigenvalue weighted by molar-refractivity contribution is -0.143. The Morgan fingerprint density at radius 2 is 2.10 bits per heavy atom. The molecule has 0 unspecified atom stereocenters. The van der Waals surface area contributed by atoms with E-state index in [4.69, 9.17) is 9.47 Å². The smallest absolute Gasteiger partial charge is 0.228 e. The zero-order chi connectivity index (χ0) is 14.7. The summed E-state index contributed by atoms with van der Waals surface area (Å²) >= 11 is 0. The fraction of sp³-hybridized carbons (Fsp3) is 0.938. The maximum atomic E-state index is 12.8. The first-order chi connectivity index (χ1) is 10.2. The lowest BCUT2D eigenvalue weighted by Crippen LogP contribution is -2.50. The van der Waals surface area contributed by atoms with Crippen LogP contribution in [0.25, 0.3) is 0 Å². The number of hydrogen-bond donors (Lipinski definition) is 0. The van der Waals surface area contributed by atoms with Crippen LogP contribution in [-0.2, 0) is 14.3 Å². The molecule has 0 aromatic heterocycles. The molecule has 1 saturated carbocycles. The Balaban J connectivity index is 1.57. The molecule has 0 bridgehead atoms. The summed E-state index contributed by atoms with van der Waals surface area (Å²) in [6, 6.07) is 0. The normalized spacial score (nSPS) is 31.1. The van der Waals surface area contributed by atoms with Gasteiger partial charge in [-0.3, -0.25) is 4.79 Å². The molecule has 1 amide bonds. The highest BCUT2D eigenvalue weighted by molar-refractivity contribution is 5.79. The van der Waals surface area contributed by atoms with Crippen molar-refractivity contribution in [2.24, 2.45) is 11.8 Å². The zero-order valence-corrected chi connectivity index (χ0v) is 13.1. The van der Waals surface area contributed by atoms with Crippen molar-refractivity contribution >= 4 is 5.91 Å². The molecular weight excluding hydrogens is 268 g/mol. The van der Waals surface area contributed by atoms with Crippen LogP contribution in [-0.4, -0.2) is 74.9 Å². The molecule has 120 valence electrons. The van der Waals surface area contributed by atoms with Gasteiger partial charge in [0.05, 0.1) is 25.2 Å². The van der Waals surface area contributed by atoms with Crippen LogP contribution in [0.3, 0.4) is 0 Å². The summed E-state index contributed by atoms with van der Waals surface area (Å²) in [6.45, 7) is 5.77. The number of ether oxygens (including phenoxy) is 2. The van der Waals surface area contributed by atoms with Crippen LogP contribution < -0.4 is 0 Å². The fourth-order valence-corrected chi connectivity index (χ4v) is 3.28. The number of hydrogen-bond acceptors (Lipinski definition) is 4. The Labute approximate surface area is 127 Å². The van der Waals surface area contributed by atoms with Gasteiger partial charge in [-0.1, -0.05) is 0 Å². The Morgan fingerprint density at radius 3 is 2.76 bits per heavy atom. The van der Waals surface area contributed by atoms with Gasteiger partial charge in [-0.15, -0.1) is 0 Å². The Morgan fingerprint density at radius 1 is 1.24 bits per heavy atom. The van der Waals surface area contributed by atoms with Crippen LogP contribution in [0, 0.1) is 11.8 Å². The lowest BCUT2D eigenvalue weighted by Gasteiger charge is -2.36. The highest BCUT2D eigenvalue weighted by Crippen LogP contribution is 2.31. The first kappa shape index (κ1) is 15.3. The molecule has 2 atom stereocenters. The van der Waals surface area contributed by atoms with Gasteiger partial charge < -0.3 is 19.3 Å². The van der Waals surface area contributed by atoms with Crippen LogP contribution >= 0.6 is 0 Å². The summed E-state index contributed by atoms with van der Waals surface area (Å²) < 4.78 is 11.3. The van der Waals surface area contributed by atoms with Gasteiger partial charge in [0.15, 0.2) is 0 Å². The van der Waals surface area contributed by atoms with Crippen LogP contribution in [0.5, 0.6) is 0 Å². The van der Waals surface area contributed by atoms with E-state index in [1.165, 1.54) is 12.8 Å². The van der Waals surface area contributed by atoms with Crippen LogP contribution in [0.1, 0.15) is 25.7 Å². The highest BCUT2D eigenvalue weighted by atomic mass is 16.5. The van der Waals surface area contributed by atoms with Crippen molar-refractivity contribution in [1.82, 2.24) is 9.80 Å². The summed E-state index contributed by atoms with van der Waals surface area (Å²) in [5.41, 5.74) is 0. The van der Waals surface area contributed by atoms with Crippen LogP contribution in [0.2, 0.25) is 0 Å². The number of likely N-dealkylation sites (N-methyl/N-ethyl adjacent to an activating group) is 1. The molecule has 0 N–H and O–H groups in total. The molecular formula is C16H28N2O3. The molecule has 3 fully saturated rings. The monoisotopic (exact) mass is 296 g/mol. The number of morpholine rings is 1. The van der Waals surface area contributed by atoms with E-state index < -0.39 is 0 Å². The van der Waals surface area contributed by atoms with Gasteiger partial charge in [0.25, 0.3) is 0 Å². The van der Waals surface area contributed by atoms with E-state index in [1.807, 2.05) is 0 Å². The molecule has 0 radical (unpaired) electrons. The number of rotatable bonds is 5. The first-order valence-corrected chi connectivity index (χ1v) is 8.39. The third kappa shape index (κ3) is 4.41. The van der Waals surface area contributed by atoms with E-state index in [0.29, 0.717) is 12.5 Å².